The van der Waals surface area contributed by atoms with E-state index in [1.807, 2.05) is 0 Å². The van der Waals surface area contributed by atoms with Crippen molar-refractivity contribution in [3.63, 3.8) is 0 Å². The molecule has 0 spiro atoms. The molecular formula is C7H6ClFOS. The predicted octanol–water partition coefficient (Wildman–Crippen LogP) is 2.23. The zero-order valence-electron chi connectivity index (χ0n) is 5.59. The first-order valence-corrected chi connectivity index (χ1v) is 5.12. The Kier molecular flexibility index (Phi) is 3.02. The summed E-state index contributed by atoms with van der Waals surface area (Å²) in [6, 6.07) is 6.15. The zero-order chi connectivity index (χ0) is 8.27. The number of hydrogen-bond acceptors (Lipinski definition) is 1. The summed E-state index contributed by atoms with van der Waals surface area (Å²) in [5.41, 5.74) is 0.390. The summed E-state index contributed by atoms with van der Waals surface area (Å²) in [5, 5.41) is 0. The van der Waals surface area contributed by atoms with Crippen molar-refractivity contribution in [3.8, 4) is 0 Å². The molecule has 4 heteroatoms. The highest BCUT2D eigenvalue weighted by atomic mass is 35.7. The first-order valence-electron chi connectivity index (χ1n) is 2.98. The Bertz CT molecular complexity index is 277. The van der Waals surface area contributed by atoms with E-state index in [1.165, 1.54) is 6.07 Å². The quantitative estimate of drug-likeness (QED) is 0.657. The minimum atomic E-state index is -1.49. The van der Waals surface area contributed by atoms with Crippen LogP contribution in [0.4, 0.5) is 4.39 Å². The van der Waals surface area contributed by atoms with Crippen LogP contribution < -0.4 is 0 Å². The number of halogens is 2. The van der Waals surface area contributed by atoms with Gasteiger partial charge in [-0.15, -0.1) is 0 Å². The van der Waals surface area contributed by atoms with E-state index in [9.17, 15) is 8.60 Å². The van der Waals surface area contributed by atoms with Crippen LogP contribution in [0.3, 0.4) is 0 Å². The Morgan fingerprint density at radius 1 is 1.45 bits per heavy atom. The molecular weight excluding hydrogens is 187 g/mol. The minimum Gasteiger partial charge on any atom is -0.242 e. The van der Waals surface area contributed by atoms with Crippen molar-refractivity contribution in [1.82, 2.24) is 0 Å². The molecule has 1 unspecified atom stereocenters. The van der Waals surface area contributed by atoms with Gasteiger partial charge in [0.2, 0.25) is 0 Å². The van der Waals surface area contributed by atoms with Gasteiger partial charge in [0.25, 0.3) is 0 Å². The van der Waals surface area contributed by atoms with Gasteiger partial charge >= 0.3 is 0 Å². The Morgan fingerprint density at radius 3 is 2.64 bits per heavy atom. The van der Waals surface area contributed by atoms with Crippen LogP contribution in [0.15, 0.2) is 24.3 Å². The fourth-order valence-corrected chi connectivity index (χ4v) is 1.57. The van der Waals surface area contributed by atoms with Crippen LogP contribution in [0.1, 0.15) is 5.56 Å². The average molecular weight is 193 g/mol. The second-order valence-electron chi connectivity index (χ2n) is 2.03. The lowest BCUT2D eigenvalue weighted by atomic mass is 10.2. The van der Waals surface area contributed by atoms with E-state index in [0.717, 1.165) is 0 Å². The van der Waals surface area contributed by atoms with Crippen molar-refractivity contribution in [2.45, 2.75) is 5.75 Å². The predicted molar refractivity (Wildman–Crippen MR) is 44.1 cm³/mol. The average Bonchev–Trinajstić information content (AvgIpc) is 1.93. The van der Waals surface area contributed by atoms with Gasteiger partial charge in [-0.1, -0.05) is 18.2 Å². The lowest BCUT2D eigenvalue weighted by Gasteiger charge is -1.96. The van der Waals surface area contributed by atoms with Crippen molar-refractivity contribution >= 4 is 20.7 Å². The highest BCUT2D eigenvalue weighted by Crippen LogP contribution is 2.09. The zero-order valence-corrected chi connectivity index (χ0v) is 7.16. The maximum absolute atomic E-state index is 12.8. The molecule has 1 atom stereocenters. The normalized spacial score (nSPS) is 12.9. The first-order chi connectivity index (χ1) is 5.20. The summed E-state index contributed by atoms with van der Waals surface area (Å²) in [4.78, 5) is 0. The van der Waals surface area contributed by atoms with Crippen molar-refractivity contribution in [2.24, 2.45) is 0 Å². The second-order valence-corrected chi connectivity index (χ2v) is 3.93. The van der Waals surface area contributed by atoms with E-state index in [-0.39, 0.29) is 11.6 Å². The molecule has 0 heterocycles. The van der Waals surface area contributed by atoms with Gasteiger partial charge in [-0.25, -0.2) is 8.60 Å². The molecule has 1 aromatic carbocycles. The van der Waals surface area contributed by atoms with E-state index in [0.29, 0.717) is 5.56 Å². The summed E-state index contributed by atoms with van der Waals surface area (Å²) in [6.45, 7) is 0. The highest BCUT2D eigenvalue weighted by Gasteiger charge is 2.02. The van der Waals surface area contributed by atoms with Gasteiger partial charge in [0.05, 0.1) is 5.75 Å². The fourth-order valence-electron chi connectivity index (χ4n) is 0.738. The summed E-state index contributed by atoms with van der Waals surface area (Å²) in [7, 11) is 3.70. The van der Waals surface area contributed by atoms with Crippen molar-refractivity contribution in [3.05, 3.63) is 35.6 Å². The van der Waals surface area contributed by atoms with Crippen LogP contribution in [0.2, 0.25) is 0 Å². The van der Waals surface area contributed by atoms with Gasteiger partial charge in [0, 0.05) is 5.56 Å². The molecule has 1 rings (SSSR count). The van der Waals surface area contributed by atoms with Crippen LogP contribution in [0, 0.1) is 5.82 Å². The topological polar surface area (TPSA) is 17.1 Å². The summed E-state index contributed by atoms with van der Waals surface area (Å²) in [6.07, 6.45) is 0. The van der Waals surface area contributed by atoms with E-state index in [2.05, 4.69) is 0 Å². The maximum atomic E-state index is 12.8. The smallest absolute Gasteiger partial charge is 0.127 e. The van der Waals surface area contributed by atoms with Crippen molar-refractivity contribution < 1.29 is 8.60 Å². The third-order valence-corrected chi connectivity index (χ3v) is 2.09. The number of hydrogen-bond donors (Lipinski definition) is 0. The molecule has 0 bridgehead atoms. The molecule has 0 saturated carbocycles. The fraction of sp³-hybridized carbons (Fsp3) is 0.143. The number of benzene rings is 1. The minimum absolute atomic E-state index is 0.0637. The third kappa shape index (κ3) is 2.60. The Labute approximate surface area is 71.1 Å². The Morgan fingerprint density at radius 2 is 2.09 bits per heavy atom. The van der Waals surface area contributed by atoms with E-state index in [4.69, 9.17) is 10.7 Å². The van der Waals surface area contributed by atoms with Gasteiger partial charge in [-0.05, 0) is 16.7 Å². The first kappa shape index (κ1) is 8.68. The standard InChI is InChI=1S/C7H6ClFOS/c8-11(10)5-6-3-1-2-4-7(6)9/h1-4H,5H2. The monoisotopic (exact) mass is 192 g/mol. The molecule has 0 amide bonds. The molecule has 0 aliphatic rings. The molecule has 0 radical (unpaired) electrons. The van der Waals surface area contributed by atoms with E-state index >= 15 is 0 Å². The lowest BCUT2D eigenvalue weighted by molar-refractivity contribution is 0.616. The largest absolute Gasteiger partial charge is 0.242 e. The van der Waals surface area contributed by atoms with Gasteiger partial charge < -0.3 is 0 Å². The molecule has 0 aliphatic heterocycles. The molecule has 0 N–H and O–H groups in total. The molecule has 0 fully saturated rings. The maximum Gasteiger partial charge on any atom is 0.127 e. The summed E-state index contributed by atoms with van der Waals surface area (Å²) >= 11 is 0. The van der Waals surface area contributed by atoms with Gasteiger partial charge in [-0.3, -0.25) is 0 Å². The van der Waals surface area contributed by atoms with Gasteiger partial charge in [-0.2, -0.15) is 0 Å². The Hall–Kier alpha value is -0.410. The van der Waals surface area contributed by atoms with Crippen molar-refractivity contribution in [2.75, 3.05) is 0 Å². The highest BCUT2D eigenvalue weighted by molar-refractivity contribution is 8.07. The molecule has 0 saturated heterocycles. The lowest BCUT2D eigenvalue weighted by Crippen LogP contribution is -1.91. The molecule has 0 aliphatic carbocycles. The summed E-state index contributed by atoms with van der Waals surface area (Å²) < 4.78 is 23.2. The Balaban J connectivity index is 2.86. The SMILES string of the molecule is O=S(Cl)Cc1ccccc1F. The van der Waals surface area contributed by atoms with Gasteiger partial charge in [0.1, 0.15) is 15.8 Å². The molecule has 11 heavy (non-hydrogen) atoms. The van der Waals surface area contributed by atoms with E-state index < -0.39 is 10.0 Å². The molecule has 1 nitrogen and oxygen atoms in total. The van der Waals surface area contributed by atoms with Crippen LogP contribution in [-0.4, -0.2) is 4.21 Å². The molecule has 60 valence electrons. The second kappa shape index (κ2) is 3.83. The van der Waals surface area contributed by atoms with Crippen LogP contribution >= 0.6 is 10.7 Å². The van der Waals surface area contributed by atoms with Crippen LogP contribution in [0.25, 0.3) is 0 Å². The van der Waals surface area contributed by atoms with E-state index in [1.54, 1.807) is 18.2 Å². The van der Waals surface area contributed by atoms with Crippen molar-refractivity contribution in [1.29, 1.82) is 0 Å². The van der Waals surface area contributed by atoms with Crippen LogP contribution in [-0.2, 0) is 15.8 Å². The van der Waals surface area contributed by atoms with Gasteiger partial charge in [0.15, 0.2) is 0 Å². The number of rotatable bonds is 2. The van der Waals surface area contributed by atoms with Crippen LogP contribution in [0.5, 0.6) is 0 Å². The third-order valence-electron chi connectivity index (χ3n) is 1.23. The summed E-state index contributed by atoms with van der Waals surface area (Å²) in [5.74, 6) is -0.296. The molecule has 0 aromatic heterocycles. The molecule has 1 aromatic rings.